The summed E-state index contributed by atoms with van der Waals surface area (Å²) in [7, 11) is 1.32. The van der Waals surface area contributed by atoms with Gasteiger partial charge in [-0.25, -0.2) is 0 Å². The van der Waals surface area contributed by atoms with Gasteiger partial charge in [-0.3, -0.25) is 9.59 Å². The average molecular weight is 291 g/mol. The Labute approximate surface area is 122 Å². The van der Waals surface area contributed by atoms with Gasteiger partial charge in [0, 0.05) is 6.54 Å². The number of nitrogens with zero attached hydrogens (tertiary/aromatic N) is 1. The fourth-order valence-corrected chi connectivity index (χ4v) is 1.97. The van der Waals surface area contributed by atoms with Crippen LogP contribution >= 0.6 is 0 Å². The minimum atomic E-state index is -0.441. The third-order valence-corrected chi connectivity index (χ3v) is 3.04. The van der Waals surface area contributed by atoms with E-state index in [1.165, 1.54) is 24.5 Å². The molecule has 0 spiro atoms. The highest BCUT2D eigenvalue weighted by Crippen LogP contribution is 2.14. The Morgan fingerprint density at radius 3 is 2.52 bits per heavy atom. The SMILES string of the molecule is COC(=O)C(C)CN(Cc1ccco1)C(=O)c1ccco1. The second-order valence-corrected chi connectivity index (χ2v) is 4.67. The van der Waals surface area contributed by atoms with E-state index in [9.17, 15) is 9.59 Å². The van der Waals surface area contributed by atoms with Gasteiger partial charge in [-0.15, -0.1) is 0 Å². The molecular formula is C15H17NO5. The Hall–Kier alpha value is -2.50. The molecular weight excluding hydrogens is 274 g/mol. The topological polar surface area (TPSA) is 72.9 Å². The lowest BCUT2D eigenvalue weighted by molar-refractivity contribution is -0.145. The summed E-state index contributed by atoms with van der Waals surface area (Å²) in [6.07, 6.45) is 2.97. The zero-order valence-corrected chi connectivity index (χ0v) is 11.9. The standard InChI is InChI=1S/C15H17NO5/c1-11(15(18)19-2)9-16(10-12-5-3-7-20-12)14(17)13-6-4-8-21-13/h3-8,11H,9-10H2,1-2H3. The number of carbonyl (C=O) groups is 2. The summed E-state index contributed by atoms with van der Waals surface area (Å²) in [4.78, 5) is 25.5. The zero-order valence-electron chi connectivity index (χ0n) is 11.9. The first kappa shape index (κ1) is 14.9. The molecule has 2 heterocycles. The van der Waals surface area contributed by atoms with Gasteiger partial charge in [0.05, 0.1) is 32.1 Å². The van der Waals surface area contributed by atoms with Gasteiger partial charge in [0.1, 0.15) is 5.76 Å². The highest BCUT2D eigenvalue weighted by atomic mass is 16.5. The number of furan rings is 2. The van der Waals surface area contributed by atoms with Gasteiger partial charge < -0.3 is 18.5 Å². The number of ether oxygens (including phenoxy) is 1. The lowest BCUT2D eigenvalue weighted by Crippen LogP contribution is -2.36. The van der Waals surface area contributed by atoms with E-state index in [-0.39, 0.29) is 30.7 Å². The van der Waals surface area contributed by atoms with Crippen LogP contribution in [0, 0.1) is 5.92 Å². The molecule has 2 aromatic heterocycles. The monoisotopic (exact) mass is 291 g/mol. The van der Waals surface area contributed by atoms with Gasteiger partial charge in [-0.1, -0.05) is 6.92 Å². The molecule has 1 atom stereocenters. The predicted molar refractivity (Wildman–Crippen MR) is 73.3 cm³/mol. The highest BCUT2D eigenvalue weighted by Gasteiger charge is 2.24. The van der Waals surface area contributed by atoms with Crippen LogP contribution in [-0.2, 0) is 16.1 Å². The molecule has 0 aliphatic heterocycles. The van der Waals surface area contributed by atoms with Crippen molar-refractivity contribution in [2.45, 2.75) is 13.5 Å². The van der Waals surface area contributed by atoms with Gasteiger partial charge >= 0.3 is 5.97 Å². The Balaban J connectivity index is 2.13. The maximum absolute atomic E-state index is 12.4. The maximum Gasteiger partial charge on any atom is 0.310 e. The van der Waals surface area contributed by atoms with Crippen LogP contribution < -0.4 is 0 Å². The molecule has 1 amide bonds. The number of esters is 1. The summed E-state index contributed by atoms with van der Waals surface area (Å²) in [5.74, 6) is -0.256. The van der Waals surface area contributed by atoms with Crippen molar-refractivity contribution in [3.63, 3.8) is 0 Å². The molecule has 2 aromatic rings. The predicted octanol–water partition coefficient (Wildman–Crippen LogP) is 2.32. The van der Waals surface area contributed by atoms with Crippen LogP contribution in [0.3, 0.4) is 0 Å². The van der Waals surface area contributed by atoms with Crippen molar-refractivity contribution in [2.24, 2.45) is 5.92 Å². The van der Waals surface area contributed by atoms with E-state index in [2.05, 4.69) is 0 Å². The molecule has 21 heavy (non-hydrogen) atoms. The Morgan fingerprint density at radius 2 is 1.95 bits per heavy atom. The summed E-state index contributed by atoms with van der Waals surface area (Å²) < 4.78 is 15.1. The van der Waals surface area contributed by atoms with Crippen LogP contribution in [0.15, 0.2) is 45.6 Å². The fraction of sp³-hybridized carbons (Fsp3) is 0.333. The number of hydrogen-bond donors (Lipinski definition) is 0. The highest BCUT2D eigenvalue weighted by molar-refractivity contribution is 5.91. The molecule has 0 radical (unpaired) electrons. The van der Waals surface area contributed by atoms with Crippen LogP contribution in [0.5, 0.6) is 0 Å². The zero-order chi connectivity index (χ0) is 15.2. The van der Waals surface area contributed by atoms with E-state index in [1.807, 2.05) is 0 Å². The van der Waals surface area contributed by atoms with Crippen LogP contribution in [0.4, 0.5) is 0 Å². The van der Waals surface area contributed by atoms with Gasteiger partial charge in [0.2, 0.25) is 0 Å². The lowest BCUT2D eigenvalue weighted by Gasteiger charge is -2.23. The first-order valence-electron chi connectivity index (χ1n) is 6.54. The number of rotatable bonds is 6. The third kappa shape index (κ3) is 3.75. The van der Waals surface area contributed by atoms with Gasteiger partial charge in [-0.05, 0) is 24.3 Å². The summed E-state index contributed by atoms with van der Waals surface area (Å²) in [6, 6.07) is 6.74. The van der Waals surface area contributed by atoms with Crippen LogP contribution in [0.1, 0.15) is 23.2 Å². The lowest BCUT2D eigenvalue weighted by atomic mass is 10.1. The largest absolute Gasteiger partial charge is 0.469 e. The second kappa shape index (κ2) is 6.78. The quantitative estimate of drug-likeness (QED) is 0.764. The number of hydrogen-bond acceptors (Lipinski definition) is 5. The molecule has 0 fully saturated rings. The van der Waals surface area contributed by atoms with Gasteiger partial charge in [-0.2, -0.15) is 0 Å². The van der Waals surface area contributed by atoms with E-state index in [1.54, 1.807) is 31.2 Å². The molecule has 1 unspecified atom stereocenters. The van der Waals surface area contributed by atoms with Gasteiger partial charge in [0.15, 0.2) is 5.76 Å². The average Bonchev–Trinajstić information content (AvgIpc) is 3.17. The minimum absolute atomic E-state index is 0.215. The van der Waals surface area contributed by atoms with Crippen LogP contribution in [0.25, 0.3) is 0 Å². The van der Waals surface area contributed by atoms with Crippen molar-refractivity contribution in [1.82, 2.24) is 4.90 Å². The summed E-state index contributed by atoms with van der Waals surface area (Å²) >= 11 is 0. The molecule has 112 valence electrons. The van der Waals surface area contributed by atoms with Crippen molar-refractivity contribution in [2.75, 3.05) is 13.7 Å². The van der Waals surface area contributed by atoms with Crippen LogP contribution in [-0.4, -0.2) is 30.4 Å². The van der Waals surface area contributed by atoms with Crippen molar-refractivity contribution >= 4 is 11.9 Å². The molecule has 2 rings (SSSR count). The van der Waals surface area contributed by atoms with E-state index in [0.29, 0.717) is 5.76 Å². The van der Waals surface area contributed by atoms with E-state index >= 15 is 0 Å². The number of amides is 1. The smallest absolute Gasteiger partial charge is 0.310 e. The van der Waals surface area contributed by atoms with Crippen molar-refractivity contribution in [3.8, 4) is 0 Å². The van der Waals surface area contributed by atoms with Gasteiger partial charge in [0.25, 0.3) is 5.91 Å². The number of carbonyl (C=O) groups excluding carboxylic acids is 2. The molecule has 0 aromatic carbocycles. The summed E-state index contributed by atoms with van der Waals surface area (Å²) in [6.45, 7) is 2.18. The second-order valence-electron chi connectivity index (χ2n) is 4.67. The first-order chi connectivity index (χ1) is 10.1. The first-order valence-corrected chi connectivity index (χ1v) is 6.54. The van der Waals surface area contributed by atoms with Crippen molar-refractivity contribution < 1.29 is 23.2 Å². The van der Waals surface area contributed by atoms with E-state index < -0.39 is 5.92 Å². The molecule has 0 saturated carbocycles. The molecule has 0 aliphatic rings. The minimum Gasteiger partial charge on any atom is -0.469 e. The molecule has 6 heteroatoms. The fourth-order valence-electron chi connectivity index (χ4n) is 1.97. The Morgan fingerprint density at radius 1 is 1.24 bits per heavy atom. The molecule has 0 N–H and O–H groups in total. The van der Waals surface area contributed by atoms with Crippen molar-refractivity contribution in [1.29, 1.82) is 0 Å². The summed E-state index contributed by atoms with van der Waals surface area (Å²) in [5.41, 5.74) is 0. The van der Waals surface area contributed by atoms with Crippen molar-refractivity contribution in [3.05, 3.63) is 48.3 Å². The molecule has 0 bridgehead atoms. The Kier molecular flexibility index (Phi) is 4.81. The molecule has 0 aliphatic carbocycles. The van der Waals surface area contributed by atoms with Crippen LogP contribution in [0.2, 0.25) is 0 Å². The van der Waals surface area contributed by atoms with E-state index in [4.69, 9.17) is 13.6 Å². The van der Waals surface area contributed by atoms with E-state index in [0.717, 1.165) is 0 Å². The third-order valence-electron chi connectivity index (χ3n) is 3.04. The Bertz CT molecular complexity index is 573. The molecule has 0 saturated heterocycles. The normalized spacial score (nSPS) is 11.9. The summed E-state index contributed by atoms with van der Waals surface area (Å²) in [5, 5.41) is 0. The number of methoxy groups -OCH3 is 1. The molecule has 6 nitrogen and oxygen atoms in total. The maximum atomic E-state index is 12.4.